The first-order valence-electron chi connectivity index (χ1n) is 7.37. The minimum Gasteiger partial charge on any atom is -0.422 e. The highest BCUT2D eigenvalue weighted by Gasteiger charge is 2.38. The van der Waals surface area contributed by atoms with Crippen molar-refractivity contribution < 1.29 is 22.0 Å². The normalized spacial score (nSPS) is 13.0. The number of aromatic nitrogens is 6. The monoisotopic (exact) mass is 366 g/mol. The average molecular weight is 366 g/mol. The molecule has 26 heavy (non-hydrogen) atoms. The van der Waals surface area contributed by atoms with Gasteiger partial charge in [-0.15, -0.1) is 10.2 Å². The molecule has 0 saturated carbocycles. The molecule has 134 valence electrons. The molecule has 0 aromatic carbocycles. The van der Waals surface area contributed by atoms with Gasteiger partial charge in [0, 0.05) is 11.6 Å². The first-order chi connectivity index (χ1) is 12.1. The number of fused-ring (bicyclic) bond motifs is 3. The molecule has 4 aromatic rings. The maximum absolute atomic E-state index is 14.5. The summed E-state index contributed by atoms with van der Waals surface area (Å²) in [6, 6.07) is 2.96. The van der Waals surface area contributed by atoms with Crippen LogP contribution in [0.5, 0.6) is 0 Å². The van der Waals surface area contributed by atoms with Crippen LogP contribution in [0.3, 0.4) is 0 Å². The molecule has 0 aliphatic heterocycles. The second kappa shape index (κ2) is 5.19. The minimum atomic E-state index is -4.83. The van der Waals surface area contributed by atoms with E-state index < -0.39 is 17.7 Å². The van der Waals surface area contributed by atoms with Crippen molar-refractivity contribution in [3.05, 3.63) is 36.2 Å². The molecule has 0 radical (unpaired) electrons. The van der Waals surface area contributed by atoms with Crippen molar-refractivity contribution in [1.82, 2.24) is 29.5 Å². The zero-order valence-electron chi connectivity index (χ0n) is 13.4. The molecule has 0 fully saturated rings. The second-order valence-electron chi connectivity index (χ2n) is 6.03. The largest absolute Gasteiger partial charge is 0.451 e. The summed E-state index contributed by atoms with van der Waals surface area (Å²) in [6.07, 6.45) is -2.33. The van der Waals surface area contributed by atoms with E-state index in [1.165, 1.54) is 22.7 Å². The maximum atomic E-state index is 14.5. The molecular weight excluding hydrogens is 356 g/mol. The molecule has 0 N–H and O–H groups in total. The molecular formula is C15H10F4N6O. The van der Waals surface area contributed by atoms with Crippen LogP contribution < -0.4 is 0 Å². The number of hydrogen-bond donors (Lipinski definition) is 0. The van der Waals surface area contributed by atoms with Crippen LogP contribution in [0.2, 0.25) is 0 Å². The Hall–Kier alpha value is -3.11. The van der Waals surface area contributed by atoms with Gasteiger partial charge in [-0.1, -0.05) is 0 Å². The Morgan fingerprint density at radius 3 is 2.42 bits per heavy atom. The number of nitrogens with zero attached hydrogens (tertiary/aromatic N) is 6. The number of imidazole rings is 1. The van der Waals surface area contributed by atoms with Gasteiger partial charge in [-0.3, -0.25) is 4.40 Å². The Labute approximate surface area is 142 Å². The van der Waals surface area contributed by atoms with E-state index in [2.05, 4.69) is 25.1 Å². The summed E-state index contributed by atoms with van der Waals surface area (Å²) < 4.78 is 60.5. The predicted molar refractivity (Wildman–Crippen MR) is 80.7 cm³/mol. The summed E-state index contributed by atoms with van der Waals surface area (Å²) in [5, 5.41) is 7.39. The molecule has 0 aliphatic carbocycles. The summed E-state index contributed by atoms with van der Waals surface area (Å²) in [4.78, 5) is 11.2. The van der Waals surface area contributed by atoms with Crippen LogP contribution >= 0.6 is 0 Å². The fourth-order valence-electron chi connectivity index (χ4n) is 2.60. The molecule has 0 spiro atoms. The van der Waals surface area contributed by atoms with Crippen LogP contribution in [0.1, 0.15) is 25.4 Å². The van der Waals surface area contributed by atoms with Gasteiger partial charge in [0.15, 0.2) is 0 Å². The van der Waals surface area contributed by atoms with Gasteiger partial charge < -0.3 is 4.42 Å². The lowest BCUT2D eigenvalue weighted by atomic mass is 10.0. The van der Waals surface area contributed by atoms with Crippen molar-refractivity contribution >= 4 is 16.7 Å². The number of pyridine rings is 1. The van der Waals surface area contributed by atoms with Crippen molar-refractivity contribution in [3.63, 3.8) is 0 Å². The van der Waals surface area contributed by atoms with Gasteiger partial charge in [0.1, 0.15) is 22.7 Å². The number of alkyl halides is 4. The number of rotatable bonds is 2. The lowest BCUT2D eigenvalue weighted by Gasteiger charge is -2.18. The first kappa shape index (κ1) is 16.4. The van der Waals surface area contributed by atoms with E-state index in [-0.39, 0.29) is 28.3 Å². The van der Waals surface area contributed by atoms with Crippen molar-refractivity contribution in [2.75, 3.05) is 0 Å². The van der Waals surface area contributed by atoms with E-state index in [0.29, 0.717) is 5.65 Å². The summed E-state index contributed by atoms with van der Waals surface area (Å²) >= 11 is 0. The van der Waals surface area contributed by atoms with Crippen LogP contribution in [-0.2, 0) is 11.8 Å². The lowest BCUT2D eigenvalue weighted by Crippen LogP contribution is -2.19. The molecule has 4 aromatic heterocycles. The Kier molecular flexibility index (Phi) is 3.27. The summed E-state index contributed by atoms with van der Waals surface area (Å²) in [6.45, 7) is 2.27. The third-order valence-electron chi connectivity index (χ3n) is 3.68. The van der Waals surface area contributed by atoms with Gasteiger partial charge in [0.05, 0.1) is 5.69 Å². The van der Waals surface area contributed by atoms with E-state index in [4.69, 9.17) is 4.42 Å². The molecule has 0 amide bonds. The minimum absolute atomic E-state index is 0.0954. The lowest BCUT2D eigenvalue weighted by molar-refractivity contribution is -0.145. The van der Waals surface area contributed by atoms with Gasteiger partial charge in [-0.25, -0.2) is 19.3 Å². The topological polar surface area (TPSA) is 82.0 Å². The molecule has 4 heterocycles. The van der Waals surface area contributed by atoms with Crippen molar-refractivity contribution in [1.29, 1.82) is 0 Å². The molecule has 7 nitrogen and oxygen atoms in total. The number of halogens is 4. The number of hydrogen-bond acceptors (Lipinski definition) is 6. The third kappa shape index (κ3) is 2.55. The molecule has 0 aliphatic rings. The molecule has 0 atom stereocenters. The Bertz CT molecular complexity index is 1110. The van der Waals surface area contributed by atoms with E-state index in [9.17, 15) is 17.6 Å². The third-order valence-corrected chi connectivity index (χ3v) is 3.68. The van der Waals surface area contributed by atoms with Crippen LogP contribution in [-0.4, -0.2) is 29.5 Å². The summed E-state index contributed by atoms with van der Waals surface area (Å²) in [5.41, 5.74) is -2.04. The van der Waals surface area contributed by atoms with Gasteiger partial charge >= 0.3 is 6.18 Å². The van der Waals surface area contributed by atoms with E-state index in [1.807, 2.05) is 0 Å². The quantitative estimate of drug-likeness (QED) is 0.505. The summed E-state index contributed by atoms with van der Waals surface area (Å²) in [5.74, 6) is -1.33. The van der Waals surface area contributed by atoms with Crippen molar-refractivity contribution in [2.45, 2.75) is 25.7 Å². The van der Waals surface area contributed by atoms with E-state index in [0.717, 1.165) is 20.2 Å². The standard InChI is InChI=1S/C15H10F4N6O/c1-14(2,16)10-7-3-4-9-21-8(12-24-20-6-26-12)5-25(9)11(7)23-13(22-10)15(17,18)19/h3-6H,1-2H3. The Morgan fingerprint density at radius 2 is 1.81 bits per heavy atom. The SMILES string of the molecule is CC(C)(F)c1nc(C(F)(F)F)nc2c1ccc1nc(-c3nnco3)cn12. The van der Waals surface area contributed by atoms with Crippen LogP contribution in [0.4, 0.5) is 17.6 Å². The van der Waals surface area contributed by atoms with Crippen LogP contribution in [0, 0.1) is 0 Å². The molecule has 4 rings (SSSR count). The van der Waals surface area contributed by atoms with Gasteiger partial charge in [0.2, 0.25) is 12.2 Å². The molecule has 0 unspecified atom stereocenters. The second-order valence-corrected chi connectivity index (χ2v) is 6.03. The highest BCUT2D eigenvalue weighted by Crippen LogP contribution is 2.34. The van der Waals surface area contributed by atoms with Gasteiger partial charge in [-0.2, -0.15) is 13.2 Å². The van der Waals surface area contributed by atoms with E-state index in [1.54, 1.807) is 0 Å². The average Bonchev–Trinajstić information content (AvgIpc) is 3.20. The first-order valence-corrected chi connectivity index (χ1v) is 7.37. The maximum Gasteiger partial charge on any atom is 0.451 e. The van der Waals surface area contributed by atoms with Crippen LogP contribution in [0.25, 0.3) is 28.3 Å². The zero-order valence-corrected chi connectivity index (χ0v) is 13.4. The van der Waals surface area contributed by atoms with Gasteiger partial charge in [0.25, 0.3) is 5.89 Å². The Morgan fingerprint density at radius 1 is 1.04 bits per heavy atom. The fraction of sp³-hybridized carbons (Fsp3) is 0.267. The smallest absolute Gasteiger partial charge is 0.422 e. The van der Waals surface area contributed by atoms with Crippen molar-refractivity contribution in [3.8, 4) is 11.6 Å². The predicted octanol–water partition coefficient (Wildman–Crippen LogP) is 3.55. The summed E-state index contributed by atoms with van der Waals surface area (Å²) in [7, 11) is 0. The van der Waals surface area contributed by atoms with E-state index >= 15 is 0 Å². The van der Waals surface area contributed by atoms with Gasteiger partial charge in [-0.05, 0) is 26.0 Å². The molecule has 11 heteroatoms. The fourth-order valence-corrected chi connectivity index (χ4v) is 2.60. The highest BCUT2D eigenvalue weighted by molar-refractivity contribution is 5.82. The van der Waals surface area contributed by atoms with Crippen LogP contribution in [0.15, 0.2) is 29.1 Å². The zero-order chi connectivity index (χ0) is 18.7. The van der Waals surface area contributed by atoms with Crippen molar-refractivity contribution in [2.24, 2.45) is 0 Å². The molecule has 0 bridgehead atoms. The highest BCUT2D eigenvalue weighted by atomic mass is 19.4. The Balaban J connectivity index is 2.09. The molecule has 0 saturated heterocycles.